The molecular formula is C10H18N2S2. The second-order valence-corrected chi connectivity index (χ2v) is 4.91. The fourth-order valence-corrected chi connectivity index (χ4v) is 2.50. The highest BCUT2D eigenvalue weighted by Crippen LogP contribution is 2.11. The normalized spacial score (nSPS) is 13.1. The van der Waals surface area contributed by atoms with Crippen LogP contribution >= 0.6 is 24.0 Å². The lowest BCUT2D eigenvalue weighted by atomic mass is 10.2. The Labute approximate surface area is 95.1 Å². The second kappa shape index (κ2) is 5.61. The van der Waals surface area contributed by atoms with Gasteiger partial charge in [0.05, 0.1) is 0 Å². The molecule has 0 aromatic carbocycles. The first-order chi connectivity index (χ1) is 6.69. The van der Waals surface area contributed by atoms with Crippen molar-refractivity contribution in [3.8, 4) is 0 Å². The Morgan fingerprint density at radius 1 is 1.64 bits per heavy atom. The molecule has 0 aliphatic heterocycles. The van der Waals surface area contributed by atoms with E-state index in [1.165, 1.54) is 11.4 Å². The molecule has 1 N–H and O–H groups in total. The number of H-pyrrole nitrogens is 1. The predicted molar refractivity (Wildman–Crippen MR) is 66.5 cm³/mol. The molecule has 0 saturated heterocycles. The van der Waals surface area contributed by atoms with Gasteiger partial charge in [0.25, 0.3) is 0 Å². The molecule has 0 amide bonds. The molecule has 0 aliphatic rings. The predicted octanol–water partition coefficient (Wildman–Crippen LogP) is 3.11. The van der Waals surface area contributed by atoms with Gasteiger partial charge >= 0.3 is 0 Å². The number of hydrogen-bond donors (Lipinski definition) is 1. The molecule has 0 aliphatic carbocycles. The Bertz CT molecular complexity index is 327. The summed E-state index contributed by atoms with van der Waals surface area (Å²) in [4.78, 5) is 3.11. The number of hydrogen-bond acceptors (Lipinski definition) is 2. The Hall–Kier alpha value is -0.220. The van der Waals surface area contributed by atoms with Gasteiger partial charge in [-0.3, -0.25) is 0 Å². The number of rotatable bonds is 5. The van der Waals surface area contributed by atoms with Gasteiger partial charge in [-0.05, 0) is 36.6 Å². The SMILES string of the molecule is CCc1c[nH]c(=S)n1CC(C)CSC. The van der Waals surface area contributed by atoms with E-state index in [-0.39, 0.29) is 0 Å². The van der Waals surface area contributed by atoms with Gasteiger partial charge in [0, 0.05) is 18.4 Å². The highest BCUT2D eigenvalue weighted by atomic mass is 32.2. The topological polar surface area (TPSA) is 20.7 Å². The fraction of sp³-hybridized carbons (Fsp3) is 0.700. The van der Waals surface area contributed by atoms with Gasteiger partial charge in [0.1, 0.15) is 0 Å². The number of imidazole rings is 1. The Morgan fingerprint density at radius 3 is 2.93 bits per heavy atom. The molecule has 1 aromatic rings. The molecule has 0 spiro atoms. The van der Waals surface area contributed by atoms with Gasteiger partial charge in [0.15, 0.2) is 4.77 Å². The third-order valence-electron chi connectivity index (χ3n) is 2.26. The van der Waals surface area contributed by atoms with E-state index in [0.717, 1.165) is 17.7 Å². The van der Waals surface area contributed by atoms with Crippen LogP contribution in [0.25, 0.3) is 0 Å². The third kappa shape index (κ3) is 2.89. The number of nitrogens with one attached hydrogen (secondary N) is 1. The summed E-state index contributed by atoms with van der Waals surface area (Å²) in [6, 6.07) is 0. The van der Waals surface area contributed by atoms with E-state index in [1.807, 2.05) is 18.0 Å². The van der Waals surface area contributed by atoms with Crippen molar-refractivity contribution in [2.24, 2.45) is 5.92 Å². The van der Waals surface area contributed by atoms with E-state index in [1.54, 1.807) is 0 Å². The summed E-state index contributed by atoms with van der Waals surface area (Å²) >= 11 is 7.14. The monoisotopic (exact) mass is 230 g/mol. The molecule has 1 atom stereocenters. The highest BCUT2D eigenvalue weighted by Gasteiger charge is 2.06. The number of aromatic nitrogens is 2. The molecule has 80 valence electrons. The lowest BCUT2D eigenvalue weighted by Gasteiger charge is -2.12. The van der Waals surface area contributed by atoms with Gasteiger partial charge in [0.2, 0.25) is 0 Å². The van der Waals surface area contributed by atoms with Crippen LogP contribution in [0, 0.1) is 10.7 Å². The molecule has 1 unspecified atom stereocenters. The van der Waals surface area contributed by atoms with Crippen LogP contribution in [0.3, 0.4) is 0 Å². The summed E-state index contributed by atoms with van der Waals surface area (Å²) in [6.07, 6.45) is 5.21. The molecule has 2 nitrogen and oxygen atoms in total. The van der Waals surface area contributed by atoms with Crippen molar-refractivity contribution in [2.75, 3.05) is 12.0 Å². The Balaban J connectivity index is 2.74. The first kappa shape index (κ1) is 11.9. The van der Waals surface area contributed by atoms with E-state index in [2.05, 4.69) is 29.7 Å². The summed E-state index contributed by atoms with van der Waals surface area (Å²) in [5.74, 6) is 1.87. The molecule has 0 saturated carbocycles. The minimum atomic E-state index is 0.679. The smallest absolute Gasteiger partial charge is 0.177 e. The zero-order valence-electron chi connectivity index (χ0n) is 9.04. The number of aryl methyl sites for hydroxylation is 1. The zero-order valence-corrected chi connectivity index (χ0v) is 10.7. The van der Waals surface area contributed by atoms with Gasteiger partial charge in [-0.25, -0.2) is 0 Å². The average molecular weight is 230 g/mol. The van der Waals surface area contributed by atoms with Crippen LogP contribution in [-0.2, 0) is 13.0 Å². The summed E-state index contributed by atoms with van der Waals surface area (Å²) in [5.41, 5.74) is 1.31. The van der Waals surface area contributed by atoms with Crippen LogP contribution in [-0.4, -0.2) is 21.6 Å². The third-order valence-corrected chi connectivity index (χ3v) is 3.50. The maximum Gasteiger partial charge on any atom is 0.177 e. The molecule has 1 aromatic heterocycles. The Morgan fingerprint density at radius 2 is 2.36 bits per heavy atom. The quantitative estimate of drug-likeness (QED) is 0.785. The molecule has 1 rings (SSSR count). The largest absolute Gasteiger partial charge is 0.337 e. The summed E-state index contributed by atoms with van der Waals surface area (Å²) < 4.78 is 3.07. The van der Waals surface area contributed by atoms with Crippen LogP contribution in [0.5, 0.6) is 0 Å². The molecule has 0 bridgehead atoms. The van der Waals surface area contributed by atoms with E-state index in [4.69, 9.17) is 12.2 Å². The van der Waals surface area contributed by atoms with Crippen molar-refractivity contribution in [3.05, 3.63) is 16.7 Å². The van der Waals surface area contributed by atoms with Crippen LogP contribution in [0.1, 0.15) is 19.5 Å². The molecule has 4 heteroatoms. The minimum Gasteiger partial charge on any atom is -0.337 e. The van der Waals surface area contributed by atoms with Crippen molar-refractivity contribution in [1.29, 1.82) is 0 Å². The van der Waals surface area contributed by atoms with Crippen molar-refractivity contribution in [2.45, 2.75) is 26.8 Å². The molecule has 1 heterocycles. The van der Waals surface area contributed by atoms with Crippen molar-refractivity contribution in [3.63, 3.8) is 0 Å². The maximum atomic E-state index is 5.24. The van der Waals surface area contributed by atoms with E-state index >= 15 is 0 Å². The Kier molecular flexibility index (Phi) is 4.75. The summed E-state index contributed by atoms with van der Waals surface area (Å²) in [5, 5.41) is 0. The van der Waals surface area contributed by atoms with Crippen molar-refractivity contribution < 1.29 is 0 Å². The van der Waals surface area contributed by atoms with Crippen LogP contribution in [0.15, 0.2) is 6.20 Å². The number of nitrogens with zero attached hydrogens (tertiary/aromatic N) is 1. The van der Waals surface area contributed by atoms with Gasteiger partial charge < -0.3 is 9.55 Å². The lowest BCUT2D eigenvalue weighted by Crippen LogP contribution is -2.12. The summed E-state index contributed by atoms with van der Waals surface area (Å²) in [7, 11) is 0. The van der Waals surface area contributed by atoms with E-state index in [9.17, 15) is 0 Å². The fourth-order valence-electron chi connectivity index (χ4n) is 1.57. The van der Waals surface area contributed by atoms with E-state index < -0.39 is 0 Å². The molecule has 0 radical (unpaired) electrons. The number of thioether (sulfide) groups is 1. The van der Waals surface area contributed by atoms with Gasteiger partial charge in [-0.2, -0.15) is 11.8 Å². The van der Waals surface area contributed by atoms with Crippen LogP contribution < -0.4 is 0 Å². The van der Waals surface area contributed by atoms with Gasteiger partial charge in [-0.1, -0.05) is 13.8 Å². The van der Waals surface area contributed by atoms with Gasteiger partial charge in [-0.15, -0.1) is 0 Å². The van der Waals surface area contributed by atoms with Crippen LogP contribution in [0.4, 0.5) is 0 Å². The minimum absolute atomic E-state index is 0.679. The summed E-state index contributed by atoms with van der Waals surface area (Å²) in [6.45, 7) is 5.46. The second-order valence-electron chi connectivity index (χ2n) is 3.61. The lowest BCUT2D eigenvalue weighted by molar-refractivity contribution is 0.514. The van der Waals surface area contributed by atoms with Crippen molar-refractivity contribution >= 4 is 24.0 Å². The molecular weight excluding hydrogens is 212 g/mol. The standard InChI is InChI=1S/C10H18N2S2/c1-4-9-5-11-10(13)12(9)6-8(2)7-14-3/h5,8H,4,6-7H2,1-3H3,(H,11,13). The molecule has 0 fully saturated rings. The zero-order chi connectivity index (χ0) is 10.6. The first-order valence-corrected chi connectivity index (χ1v) is 6.75. The average Bonchev–Trinajstić information content (AvgIpc) is 2.48. The molecule has 14 heavy (non-hydrogen) atoms. The van der Waals surface area contributed by atoms with E-state index in [0.29, 0.717) is 5.92 Å². The van der Waals surface area contributed by atoms with Crippen LogP contribution in [0.2, 0.25) is 0 Å². The number of aromatic amines is 1. The van der Waals surface area contributed by atoms with Crippen molar-refractivity contribution in [1.82, 2.24) is 9.55 Å². The highest BCUT2D eigenvalue weighted by molar-refractivity contribution is 7.98. The maximum absolute atomic E-state index is 5.24. The first-order valence-electron chi connectivity index (χ1n) is 4.95.